The highest BCUT2D eigenvalue weighted by molar-refractivity contribution is 9.10. The SMILES string of the molecule is COc1cc(Br)cc(C=Nn2c(=O)[nH]c3ccccc3c2=O)c1OCc1ccccc1C#N. The minimum atomic E-state index is -0.665. The summed E-state index contributed by atoms with van der Waals surface area (Å²) >= 11 is 3.42. The molecule has 0 aliphatic carbocycles. The van der Waals surface area contributed by atoms with Crippen LogP contribution in [-0.4, -0.2) is 23.0 Å². The summed E-state index contributed by atoms with van der Waals surface area (Å²) in [6.07, 6.45) is 1.35. The molecule has 1 aromatic heterocycles. The molecule has 3 aromatic carbocycles. The van der Waals surface area contributed by atoms with Crippen molar-refractivity contribution in [2.24, 2.45) is 5.10 Å². The van der Waals surface area contributed by atoms with Gasteiger partial charge in [0.25, 0.3) is 5.56 Å². The second kappa shape index (κ2) is 9.54. The number of ether oxygens (including phenoxy) is 2. The fourth-order valence-electron chi connectivity index (χ4n) is 3.27. The maximum absolute atomic E-state index is 12.8. The van der Waals surface area contributed by atoms with Crippen molar-refractivity contribution in [1.29, 1.82) is 5.26 Å². The second-order valence-electron chi connectivity index (χ2n) is 6.92. The molecule has 8 nitrogen and oxygen atoms in total. The van der Waals surface area contributed by atoms with Crippen molar-refractivity contribution in [3.8, 4) is 17.6 Å². The van der Waals surface area contributed by atoms with Gasteiger partial charge in [-0.25, -0.2) is 4.79 Å². The molecule has 0 amide bonds. The Hall–Kier alpha value is -4.16. The summed E-state index contributed by atoms with van der Waals surface area (Å²) < 4.78 is 12.9. The summed E-state index contributed by atoms with van der Waals surface area (Å²) in [6.45, 7) is 0.110. The Morgan fingerprint density at radius 3 is 2.70 bits per heavy atom. The lowest BCUT2D eigenvalue weighted by atomic mass is 10.1. The van der Waals surface area contributed by atoms with Crippen LogP contribution >= 0.6 is 15.9 Å². The van der Waals surface area contributed by atoms with Crippen LogP contribution in [0.5, 0.6) is 11.5 Å². The Morgan fingerprint density at radius 2 is 1.91 bits per heavy atom. The molecule has 0 atom stereocenters. The number of aromatic nitrogens is 2. The predicted molar refractivity (Wildman–Crippen MR) is 128 cm³/mol. The highest BCUT2D eigenvalue weighted by Gasteiger charge is 2.14. The van der Waals surface area contributed by atoms with Crippen LogP contribution in [-0.2, 0) is 6.61 Å². The highest BCUT2D eigenvalue weighted by Crippen LogP contribution is 2.34. The first-order chi connectivity index (χ1) is 16.0. The normalized spacial score (nSPS) is 10.9. The monoisotopic (exact) mass is 504 g/mol. The molecule has 1 heterocycles. The molecule has 33 heavy (non-hydrogen) atoms. The van der Waals surface area contributed by atoms with Crippen molar-refractivity contribution in [3.05, 3.63) is 103 Å². The average molecular weight is 505 g/mol. The second-order valence-corrected chi connectivity index (χ2v) is 7.84. The van der Waals surface area contributed by atoms with Gasteiger partial charge in [0.2, 0.25) is 0 Å². The summed E-state index contributed by atoms with van der Waals surface area (Å²) in [5.74, 6) is 0.766. The molecule has 0 fully saturated rings. The van der Waals surface area contributed by atoms with E-state index in [1.165, 1.54) is 13.3 Å². The van der Waals surface area contributed by atoms with Crippen molar-refractivity contribution < 1.29 is 9.47 Å². The molecule has 0 aliphatic rings. The summed E-state index contributed by atoms with van der Waals surface area (Å²) in [7, 11) is 1.50. The Morgan fingerprint density at radius 1 is 1.15 bits per heavy atom. The van der Waals surface area contributed by atoms with Gasteiger partial charge in [-0.05, 0) is 30.3 Å². The quantitative estimate of drug-likeness (QED) is 0.401. The smallest absolute Gasteiger partial charge is 0.349 e. The fourth-order valence-corrected chi connectivity index (χ4v) is 3.73. The van der Waals surface area contributed by atoms with Crippen LogP contribution in [0.4, 0.5) is 0 Å². The van der Waals surface area contributed by atoms with E-state index in [-0.39, 0.29) is 6.61 Å². The molecule has 0 bridgehead atoms. The maximum Gasteiger partial charge on any atom is 0.349 e. The molecule has 4 rings (SSSR count). The van der Waals surface area contributed by atoms with Gasteiger partial charge < -0.3 is 14.5 Å². The van der Waals surface area contributed by atoms with Crippen LogP contribution in [0.1, 0.15) is 16.7 Å². The van der Waals surface area contributed by atoms with Gasteiger partial charge in [0.15, 0.2) is 11.5 Å². The van der Waals surface area contributed by atoms with Gasteiger partial charge in [0, 0.05) is 15.6 Å². The van der Waals surface area contributed by atoms with Gasteiger partial charge in [-0.15, -0.1) is 4.68 Å². The van der Waals surface area contributed by atoms with E-state index < -0.39 is 11.2 Å². The topological polar surface area (TPSA) is 109 Å². The van der Waals surface area contributed by atoms with E-state index in [0.717, 1.165) is 4.68 Å². The number of nitrogens with zero attached hydrogens (tertiary/aromatic N) is 3. The number of fused-ring (bicyclic) bond motifs is 1. The molecular weight excluding hydrogens is 488 g/mol. The Bertz CT molecular complexity index is 1530. The summed E-state index contributed by atoms with van der Waals surface area (Å²) in [5, 5.41) is 13.8. The first-order valence-corrected chi connectivity index (χ1v) is 10.6. The van der Waals surface area contributed by atoms with Crippen LogP contribution in [0.25, 0.3) is 10.9 Å². The van der Waals surface area contributed by atoms with Crippen molar-refractivity contribution >= 4 is 33.0 Å². The van der Waals surface area contributed by atoms with Gasteiger partial charge >= 0.3 is 5.69 Å². The minimum Gasteiger partial charge on any atom is -0.493 e. The van der Waals surface area contributed by atoms with Crippen molar-refractivity contribution in [1.82, 2.24) is 9.66 Å². The molecule has 0 spiro atoms. The van der Waals surface area contributed by atoms with E-state index in [9.17, 15) is 14.9 Å². The first-order valence-electron chi connectivity index (χ1n) is 9.78. The van der Waals surface area contributed by atoms with E-state index in [4.69, 9.17) is 9.47 Å². The number of H-pyrrole nitrogens is 1. The largest absolute Gasteiger partial charge is 0.493 e. The molecule has 4 aromatic rings. The minimum absolute atomic E-state index is 0.110. The third-order valence-electron chi connectivity index (χ3n) is 4.87. The zero-order valence-electron chi connectivity index (χ0n) is 17.4. The molecule has 0 aliphatic heterocycles. The van der Waals surface area contributed by atoms with E-state index in [0.29, 0.717) is 43.6 Å². The van der Waals surface area contributed by atoms with Gasteiger partial charge in [0.05, 0.1) is 35.9 Å². The molecule has 0 saturated heterocycles. The average Bonchev–Trinajstić information content (AvgIpc) is 2.83. The zero-order valence-corrected chi connectivity index (χ0v) is 19.0. The number of nitrogens with one attached hydrogen (secondary N) is 1. The Balaban J connectivity index is 1.75. The summed E-state index contributed by atoms with van der Waals surface area (Å²) in [4.78, 5) is 27.8. The number of halogens is 1. The molecule has 1 N–H and O–H groups in total. The molecule has 0 saturated carbocycles. The lowest BCUT2D eigenvalue weighted by molar-refractivity contribution is 0.283. The van der Waals surface area contributed by atoms with Crippen LogP contribution in [0.15, 0.2) is 79.8 Å². The molecule has 164 valence electrons. The van der Waals surface area contributed by atoms with E-state index >= 15 is 0 Å². The van der Waals surface area contributed by atoms with Crippen LogP contribution in [0.3, 0.4) is 0 Å². The molecule has 0 radical (unpaired) electrons. The number of para-hydroxylation sites is 1. The van der Waals surface area contributed by atoms with Crippen LogP contribution in [0, 0.1) is 11.3 Å². The molecule has 0 unspecified atom stereocenters. The van der Waals surface area contributed by atoms with Crippen molar-refractivity contribution in [2.75, 3.05) is 7.11 Å². The van der Waals surface area contributed by atoms with Gasteiger partial charge in [0.1, 0.15) is 6.61 Å². The summed E-state index contributed by atoms with van der Waals surface area (Å²) in [5.41, 5.74) is 0.895. The number of rotatable bonds is 6. The van der Waals surface area contributed by atoms with Crippen LogP contribution < -0.4 is 20.7 Å². The number of aromatic amines is 1. The first kappa shape index (κ1) is 22.0. The maximum atomic E-state index is 12.8. The van der Waals surface area contributed by atoms with E-state index in [1.54, 1.807) is 54.6 Å². The number of hydrogen-bond acceptors (Lipinski definition) is 6. The van der Waals surface area contributed by atoms with Crippen molar-refractivity contribution in [3.63, 3.8) is 0 Å². The predicted octanol–water partition coefficient (Wildman–Crippen LogP) is 3.79. The Labute approximate surface area is 196 Å². The highest BCUT2D eigenvalue weighted by atomic mass is 79.9. The number of benzene rings is 3. The summed E-state index contributed by atoms with van der Waals surface area (Å²) in [6, 6.07) is 19.4. The van der Waals surface area contributed by atoms with Gasteiger partial charge in [-0.1, -0.05) is 46.3 Å². The fraction of sp³-hybridized carbons (Fsp3) is 0.0833. The van der Waals surface area contributed by atoms with E-state index in [2.05, 4.69) is 32.1 Å². The van der Waals surface area contributed by atoms with Crippen molar-refractivity contribution in [2.45, 2.75) is 6.61 Å². The van der Waals surface area contributed by atoms with Gasteiger partial charge in [-0.2, -0.15) is 10.4 Å². The van der Waals surface area contributed by atoms with Crippen LogP contribution in [0.2, 0.25) is 0 Å². The lowest BCUT2D eigenvalue weighted by Crippen LogP contribution is -2.32. The van der Waals surface area contributed by atoms with E-state index in [1.807, 2.05) is 6.07 Å². The molecular formula is C24H17BrN4O4. The standard InChI is InChI=1S/C24H17BrN4O4/c1-32-21-11-18(25)10-17(22(21)33-14-16-7-3-2-6-15(16)12-26)13-27-29-23(30)19-8-4-5-9-20(19)28-24(29)31/h2-11,13H,14H2,1H3,(H,28,31). The number of methoxy groups -OCH3 is 1. The lowest BCUT2D eigenvalue weighted by Gasteiger charge is -2.14. The number of nitriles is 1. The van der Waals surface area contributed by atoms with Gasteiger partial charge in [-0.3, -0.25) is 4.79 Å². The third-order valence-corrected chi connectivity index (χ3v) is 5.33. The molecule has 9 heteroatoms. The zero-order chi connectivity index (χ0) is 23.4. The Kier molecular flexibility index (Phi) is 6.38. The number of hydrogen-bond donors (Lipinski definition) is 1. The third kappa shape index (κ3) is 4.56.